The number of hydrogen-bond acceptors (Lipinski definition) is 6. The van der Waals surface area contributed by atoms with Crippen LogP contribution in [-0.4, -0.2) is 47.2 Å². The van der Waals surface area contributed by atoms with Gasteiger partial charge in [-0.05, 0) is 25.1 Å². The highest BCUT2D eigenvalue weighted by Gasteiger charge is 2.31. The Kier molecular flexibility index (Phi) is 4.87. The van der Waals surface area contributed by atoms with Gasteiger partial charge in [-0.15, -0.1) is 0 Å². The van der Waals surface area contributed by atoms with E-state index in [1.54, 1.807) is 7.05 Å². The maximum atomic E-state index is 12.9. The predicted octanol–water partition coefficient (Wildman–Crippen LogP) is 2.76. The van der Waals surface area contributed by atoms with Crippen molar-refractivity contribution in [3.8, 4) is 11.8 Å². The molecule has 31 heavy (non-hydrogen) atoms. The molecule has 1 fully saturated rings. The third-order valence-electron chi connectivity index (χ3n) is 6.46. The molecule has 0 amide bonds. The lowest BCUT2D eigenvalue weighted by molar-refractivity contribution is 0.133. The fourth-order valence-corrected chi connectivity index (χ4v) is 4.86. The lowest BCUT2D eigenvalue weighted by Crippen LogP contribution is -2.49. The van der Waals surface area contributed by atoms with Crippen LogP contribution >= 0.6 is 0 Å². The Morgan fingerprint density at radius 1 is 1.13 bits per heavy atom. The van der Waals surface area contributed by atoms with E-state index in [0.717, 1.165) is 61.7 Å². The molecule has 2 aromatic heterocycles. The van der Waals surface area contributed by atoms with Gasteiger partial charge < -0.3 is 14.2 Å². The zero-order valence-corrected chi connectivity index (χ0v) is 17.8. The molecule has 158 valence electrons. The van der Waals surface area contributed by atoms with Crippen LogP contribution in [0.15, 0.2) is 41.2 Å². The summed E-state index contributed by atoms with van der Waals surface area (Å²) < 4.78 is 7.36. The van der Waals surface area contributed by atoms with Crippen LogP contribution in [0.4, 0.5) is 5.69 Å². The minimum atomic E-state index is -0.267. The van der Waals surface area contributed by atoms with Crippen molar-refractivity contribution in [2.75, 3.05) is 37.7 Å². The zero-order chi connectivity index (χ0) is 21.5. The van der Waals surface area contributed by atoms with Crippen LogP contribution in [0.1, 0.15) is 29.3 Å². The highest BCUT2D eigenvalue weighted by molar-refractivity contribution is 5.91. The van der Waals surface area contributed by atoms with Crippen LogP contribution in [-0.2, 0) is 7.05 Å². The molecule has 2 aliphatic heterocycles. The van der Waals surface area contributed by atoms with Gasteiger partial charge in [0.15, 0.2) is 0 Å². The number of hydrogen-bond donors (Lipinski definition) is 0. The van der Waals surface area contributed by atoms with E-state index in [4.69, 9.17) is 9.72 Å². The standard InChI is InChI=1S/C24H25N5O2/c1-16-7-8-20-22(26-16)23(18(15-25)24(30)27(20)2)29-12-10-28(11-13-29)19-9-14-31-21-6-4-3-5-17(19)21/h3-8,19H,9-14H2,1-2H3. The van der Waals surface area contributed by atoms with Crippen LogP contribution in [0.3, 0.4) is 0 Å². The molecule has 1 aromatic carbocycles. The van der Waals surface area contributed by atoms with Crippen molar-refractivity contribution < 1.29 is 4.74 Å². The van der Waals surface area contributed by atoms with E-state index in [9.17, 15) is 10.1 Å². The second-order valence-electron chi connectivity index (χ2n) is 8.23. The molecule has 0 bridgehead atoms. The summed E-state index contributed by atoms with van der Waals surface area (Å²) in [7, 11) is 1.70. The number of nitriles is 1. The summed E-state index contributed by atoms with van der Waals surface area (Å²) in [6.45, 7) is 5.85. The van der Waals surface area contributed by atoms with Crippen molar-refractivity contribution in [2.24, 2.45) is 7.05 Å². The summed E-state index contributed by atoms with van der Waals surface area (Å²) in [4.78, 5) is 22.2. The minimum absolute atomic E-state index is 0.179. The maximum Gasteiger partial charge on any atom is 0.270 e. The summed E-state index contributed by atoms with van der Waals surface area (Å²) in [6, 6.07) is 14.6. The van der Waals surface area contributed by atoms with Crippen LogP contribution in [0.5, 0.6) is 5.75 Å². The van der Waals surface area contributed by atoms with Gasteiger partial charge in [-0.1, -0.05) is 18.2 Å². The number of anilines is 1. The molecule has 0 saturated carbocycles. The molecule has 0 spiro atoms. The summed E-state index contributed by atoms with van der Waals surface area (Å²) in [5, 5.41) is 9.81. The van der Waals surface area contributed by atoms with E-state index in [1.807, 2.05) is 31.2 Å². The smallest absolute Gasteiger partial charge is 0.270 e. The summed E-state index contributed by atoms with van der Waals surface area (Å²) >= 11 is 0. The highest BCUT2D eigenvalue weighted by Crippen LogP contribution is 2.37. The average Bonchev–Trinajstić information content (AvgIpc) is 2.81. The Hall–Kier alpha value is -3.37. The molecular formula is C24H25N5O2. The first-order valence-electron chi connectivity index (χ1n) is 10.7. The zero-order valence-electron chi connectivity index (χ0n) is 17.8. The summed E-state index contributed by atoms with van der Waals surface area (Å²) in [5.74, 6) is 0.977. The van der Waals surface area contributed by atoms with Crippen molar-refractivity contribution in [3.05, 3.63) is 63.6 Å². The van der Waals surface area contributed by atoms with Crippen molar-refractivity contribution in [1.82, 2.24) is 14.5 Å². The van der Waals surface area contributed by atoms with Crippen LogP contribution in [0, 0.1) is 18.3 Å². The van der Waals surface area contributed by atoms with E-state index in [0.29, 0.717) is 11.7 Å². The number of aromatic nitrogens is 2. The molecule has 7 heteroatoms. The van der Waals surface area contributed by atoms with E-state index in [-0.39, 0.29) is 11.1 Å². The number of aryl methyl sites for hydroxylation is 2. The topological polar surface area (TPSA) is 74.4 Å². The number of ether oxygens (including phenoxy) is 1. The Balaban J connectivity index is 1.48. The number of fused-ring (bicyclic) bond motifs is 2. The number of pyridine rings is 2. The Labute approximate surface area is 181 Å². The third kappa shape index (κ3) is 3.24. The first kappa shape index (κ1) is 19.6. The average molecular weight is 415 g/mol. The van der Waals surface area contributed by atoms with Gasteiger partial charge in [-0.25, -0.2) is 4.98 Å². The SMILES string of the molecule is Cc1ccc2c(n1)c(N1CCN(C3CCOc4ccccc43)CC1)c(C#N)c(=O)n2C. The van der Waals surface area contributed by atoms with Crippen molar-refractivity contribution in [1.29, 1.82) is 5.26 Å². The van der Waals surface area contributed by atoms with E-state index < -0.39 is 0 Å². The van der Waals surface area contributed by atoms with Gasteiger partial charge in [0.25, 0.3) is 5.56 Å². The van der Waals surface area contributed by atoms with Crippen molar-refractivity contribution in [3.63, 3.8) is 0 Å². The number of rotatable bonds is 2. The lowest BCUT2D eigenvalue weighted by atomic mass is 9.98. The third-order valence-corrected chi connectivity index (χ3v) is 6.46. The largest absolute Gasteiger partial charge is 0.493 e. The molecule has 7 nitrogen and oxygen atoms in total. The second-order valence-corrected chi connectivity index (χ2v) is 8.23. The molecule has 0 N–H and O–H groups in total. The van der Waals surface area contributed by atoms with Crippen LogP contribution < -0.4 is 15.2 Å². The van der Waals surface area contributed by atoms with Gasteiger partial charge in [0, 0.05) is 56.9 Å². The molecule has 1 atom stereocenters. The Morgan fingerprint density at radius 2 is 1.90 bits per heavy atom. The fourth-order valence-electron chi connectivity index (χ4n) is 4.86. The Bertz CT molecular complexity index is 1250. The van der Waals surface area contributed by atoms with E-state index in [1.165, 1.54) is 10.1 Å². The minimum Gasteiger partial charge on any atom is -0.493 e. The fraction of sp³-hybridized carbons (Fsp3) is 0.375. The monoisotopic (exact) mass is 415 g/mol. The molecule has 4 heterocycles. The number of nitrogens with zero attached hydrogens (tertiary/aromatic N) is 5. The quantitative estimate of drug-likeness (QED) is 0.641. The first-order valence-corrected chi connectivity index (χ1v) is 10.7. The highest BCUT2D eigenvalue weighted by atomic mass is 16.5. The lowest BCUT2D eigenvalue weighted by Gasteiger charge is -2.42. The second kappa shape index (κ2) is 7.71. The van der Waals surface area contributed by atoms with E-state index in [2.05, 4.69) is 28.0 Å². The normalized spacial score (nSPS) is 19.0. The summed E-state index contributed by atoms with van der Waals surface area (Å²) in [5.41, 5.74) is 4.18. The molecule has 1 unspecified atom stereocenters. The van der Waals surface area contributed by atoms with E-state index >= 15 is 0 Å². The maximum absolute atomic E-state index is 12.9. The van der Waals surface area contributed by atoms with Gasteiger partial charge in [0.1, 0.15) is 22.9 Å². The van der Waals surface area contributed by atoms with Crippen molar-refractivity contribution >= 4 is 16.7 Å². The molecule has 2 aliphatic rings. The van der Waals surface area contributed by atoms with Crippen molar-refractivity contribution in [2.45, 2.75) is 19.4 Å². The molecule has 0 aliphatic carbocycles. The van der Waals surface area contributed by atoms with Crippen LogP contribution in [0.2, 0.25) is 0 Å². The molecule has 3 aromatic rings. The van der Waals surface area contributed by atoms with Gasteiger partial charge in [-0.2, -0.15) is 5.26 Å². The van der Waals surface area contributed by atoms with Gasteiger partial charge in [0.2, 0.25) is 0 Å². The number of benzene rings is 1. The predicted molar refractivity (Wildman–Crippen MR) is 120 cm³/mol. The number of piperazine rings is 1. The molecule has 1 saturated heterocycles. The molecule has 5 rings (SSSR count). The summed E-state index contributed by atoms with van der Waals surface area (Å²) in [6.07, 6.45) is 0.968. The van der Waals surface area contributed by atoms with Gasteiger partial charge in [-0.3, -0.25) is 9.69 Å². The van der Waals surface area contributed by atoms with Gasteiger partial charge >= 0.3 is 0 Å². The number of para-hydroxylation sites is 1. The Morgan fingerprint density at radius 3 is 2.68 bits per heavy atom. The first-order chi connectivity index (χ1) is 15.1. The van der Waals surface area contributed by atoms with Crippen LogP contribution in [0.25, 0.3) is 11.0 Å². The van der Waals surface area contributed by atoms with Gasteiger partial charge in [0.05, 0.1) is 17.8 Å². The molecule has 0 radical (unpaired) electrons. The molecular weight excluding hydrogens is 390 g/mol.